The van der Waals surface area contributed by atoms with Crippen molar-refractivity contribution < 1.29 is 9.90 Å². The van der Waals surface area contributed by atoms with Gasteiger partial charge in [0.15, 0.2) is 0 Å². The summed E-state index contributed by atoms with van der Waals surface area (Å²) in [6, 6.07) is 9.25. The van der Waals surface area contributed by atoms with Crippen molar-refractivity contribution in [3.05, 3.63) is 62.6 Å². The first kappa shape index (κ1) is 16.2. The molecule has 0 spiro atoms. The summed E-state index contributed by atoms with van der Waals surface area (Å²) < 4.78 is 0. The van der Waals surface area contributed by atoms with Gasteiger partial charge in [-0.05, 0) is 43.0 Å². The zero-order valence-electron chi connectivity index (χ0n) is 12.9. The van der Waals surface area contributed by atoms with Gasteiger partial charge in [-0.25, -0.2) is 4.79 Å². The van der Waals surface area contributed by atoms with Crippen molar-refractivity contribution in [3.8, 4) is 0 Å². The smallest absolute Gasteiger partial charge is 0.326 e. The van der Waals surface area contributed by atoms with Crippen LogP contribution in [0.3, 0.4) is 0 Å². The van der Waals surface area contributed by atoms with Crippen LogP contribution in [-0.4, -0.2) is 17.1 Å². The number of rotatable bonds is 2. The van der Waals surface area contributed by atoms with E-state index >= 15 is 0 Å². The van der Waals surface area contributed by atoms with Crippen LogP contribution in [0, 0.1) is 13.8 Å². The van der Waals surface area contributed by atoms with Gasteiger partial charge in [-0.1, -0.05) is 53.0 Å². The van der Waals surface area contributed by atoms with Crippen LogP contribution in [0.25, 0.3) is 0 Å². The van der Waals surface area contributed by atoms with E-state index in [1.807, 2.05) is 13.0 Å². The maximum atomic E-state index is 11.5. The predicted molar refractivity (Wildman–Crippen MR) is 93.9 cm³/mol. The molecule has 2 aromatic carbocycles. The highest BCUT2D eigenvalue weighted by molar-refractivity contribution is 6.43. The van der Waals surface area contributed by atoms with Crippen molar-refractivity contribution >= 4 is 34.9 Å². The second-order valence-corrected chi connectivity index (χ2v) is 6.79. The summed E-state index contributed by atoms with van der Waals surface area (Å²) >= 11 is 12.4. The summed E-state index contributed by atoms with van der Waals surface area (Å²) in [5, 5.41) is 13.3. The first-order valence-electron chi connectivity index (χ1n) is 7.43. The Morgan fingerprint density at radius 1 is 1.17 bits per heavy atom. The van der Waals surface area contributed by atoms with E-state index in [9.17, 15) is 9.90 Å². The van der Waals surface area contributed by atoms with Crippen molar-refractivity contribution in [3.63, 3.8) is 0 Å². The number of halogens is 2. The lowest BCUT2D eigenvalue weighted by Gasteiger charge is -2.33. The first-order chi connectivity index (χ1) is 10.9. The number of benzene rings is 2. The SMILES string of the molecule is Cc1ccc(C2CC(C(=O)O)Nc3c2ccc(Cl)c3Cl)c(C)c1. The fourth-order valence-corrected chi connectivity index (χ4v) is 3.66. The summed E-state index contributed by atoms with van der Waals surface area (Å²) in [6.45, 7) is 4.10. The van der Waals surface area contributed by atoms with Gasteiger partial charge in [-0.2, -0.15) is 0 Å². The highest BCUT2D eigenvalue weighted by atomic mass is 35.5. The predicted octanol–water partition coefficient (Wildman–Crippen LogP) is 5.01. The van der Waals surface area contributed by atoms with E-state index in [2.05, 4.69) is 30.4 Å². The molecule has 3 nitrogen and oxygen atoms in total. The number of hydrogen-bond acceptors (Lipinski definition) is 2. The summed E-state index contributed by atoms with van der Waals surface area (Å²) in [4.78, 5) is 11.5. The van der Waals surface area contributed by atoms with E-state index in [0.717, 1.165) is 16.7 Å². The average molecular weight is 350 g/mol. The van der Waals surface area contributed by atoms with Crippen LogP contribution in [0.15, 0.2) is 30.3 Å². The lowest BCUT2D eigenvalue weighted by molar-refractivity contribution is -0.138. The summed E-state index contributed by atoms with van der Waals surface area (Å²) in [6.07, 6.45) is 0.476. The summed E-state index contributed by atoms with van der Waals surface area (Å²) in [7, 11) is 0. The molecule has 0 radical (unpaired) electrons. The molecule has 0 saturated heterocycles. The minimum atomic E-state index is -0.888. The second-order valence-electron chi connectivity index (χ2n) is 6.01. The number of aryl methyl sites for hydroxylation is 2. The Kier molecular flexibility index (Phi) is 4.26. The number of aliphatic carboxylic acids is 1. The molecular formula is C18H17Cl2NO2. The molecule has 23 heavy (non-hydrogen) atoms. The molecule has 3 rings (SSSR count). The quantitative estimate of drug-likeness (QED) is 0.800. The lowest BCUT2D eigenvalue weighted by atomic mass is 9.80. The number of carboxylic acids is 1. The standard InChI is InChI=1S/C18H17Cl2NO2/c1-9-3-4-11(10(2)7-9)13-8-15(18(22)23)21-17-12(13)5-6-14(19)16(17)20/h3-7,13,15,21H,8H2,1-2H3,(H,22,23). The van der Waals surface area contributed by atoms with E-state index in [-0.39, 0.29) is 5.92 Å². The highest BCUT2D eigenvalue weighted by Crippen LogP contribution is 2.45. The number of carboxylic acid groups (broad SMARTS) is 1. The normalized spacial score (nSPS) is 19.8. The van der Waals surface area contributed by atoms with Crippen LogP contribution in [0.4, 0.5) is 5.69 Å². The number of anilines is 1. The summed E-state index contributed by atoms with van der Waals surface area (Å²) in [5.41, 5.74) is 5.08. The van der Waals surface area contributed by atoms with Crippen LogP contribution in [0.5, 0.6) is 0 Å². The van der Waals surface area contributed by atoms with Gasteiger partial charge >= 0.3 is 5.97 Å². The van der Waals surface area contributed by atoms with Gasteiger partial charge in [0.1, 0.15) is 6.04 Å². The Labute approximate surface area is 145 Å². The van der Waals surface area contributed by atoms with Crippen LogP contribution < -0.4 is 5.32 Å². The van der Waals surface area contributed by atoms with E-state index in [1.54, 1.807) is 6.07 Å². The molecule has 1 heterocycles. The molecular weight excluding hydrogens is 333 g/mol. The third-order valence-corrected chi connectivity index (χ3v) is 5.20. The van der Waals surface area contributed by atoms with E-state index < -0.39 is 12.0 Å². The van der Waals surface area contributed by atoms with Gasteiger partial charge in [0.2, 0.25) is 0 Å². The van der Waals surface area contributed by atoms with Crippen molar-refractivity contribution in [1.29, 1.82) is 0 Å². The van der Waals surface area contributed by atoms with Gasteiger partial charge in [-0.3, -0.25) is 0 Å². The van der Waals surface area contributed by atoms with Crippen molar-refractivity contribution in [2.24, 2.45) is 0 Å². The van der Waals surface area contributed by atoms with Gasteiger partial charge in [-0.15, -0.1) is 0 Å². The minimum absolute atomic E-state index is 0.0253. The maximum absolute atomic E-state index is 11.5. The van der Waals surface area contributed by atoms with E-state index in [4.69, 9.17) is 23.2 Å². The molecule has 1 aliphatic heterocycles. The molecule has 0 bridgehead atoms. The Bertz CT molecular complexity index is 789. The fraction of sp³-hybridized carbons (Fsp3) is 0.278. The van der Waals surface area contributed by atoms with Crippen molar-refractivity contribution in [1.82, 2.24) is 0 Å². The Balaban J connectivity index is 2.17. The molecule has 2 atom stereocenters. The minimum Gasteiger partial charge on any atom is -0.480 e. The van der Waals surface area contributed by atoms with Gasteiger partial charge in [0.25, 0.3) is 0 Å². The van der Waals surface area contributed by atoms with Crippen LogP contribution in [-0.2, 0) is 4.79 Å². The molecule has 0 fully saturated rings. The summed E-state index contributed by atoms with van der Waals surface area (Å²) in [5.74, 6) is -0.913. The zero-order chi connectivity index (χ0) is 16.7. The Morgan fingerprint density at radius 3 is 2.52 bits per heavy atom. The van der Waals surface area contributed by atoms with Crippen LogP contribution >= 0.6 is 23.2 Å². The molecule has 5 heteroatoms. The molecule has 0 saturated carbocycles. The lowest BCUT2D eigenvalue weighted by Crippen LogP contribution is -2.35. The molecule has 2 unspecified atom stereocenters. The van der Waals surface area contributed by atoms with Gasteiger partial charge < -0.3 is 10.4 Å². The maximum Gasteiger partial charge on any atom is 0.326 e. The molecule has 0 aliphatic carbocycles. The van der Waals surface area contributed by atoms with Crippen LogP contribution in [0.1, 0.15) is 34.6 Å². The fourth-order valence-electron chi connectivity index (χ4n) is 3.27. The number of fused-ring (bicyclic) bond motifs is 1. The van der Waals surface area contributed by atoms with Gasteiger partial charge in [0.05, 0.1) is 15.7 Å². The van der Waals surface area contributed by atoms with Crippen LogP contribution in [0.2, 0.25) is 10.0 Å². The topological polar surface area (TPSA) is 49.3 Å². The second kappa shape index (κ2) is 6.06. The Hall–Kier alpha value is -1.71. The monoisotopic (exact) mass is 349 g/mol. The average Bonchev–Trinajstić information content (AvgIpc) is 2.50. The molecule has 2 N–H and O–H groups in total. The largest absolute Gasteiger partial charge is 0.480 e. The molecule has 1 aliphatic rings. The number of hydrogen-bond donors (Lipinski definition) is 2. The first-order valence-corrected chi connectivity index (χ1v) is 8.18. The van der Waals surface area contributed by atoms with Gasteiger partial charge in [0, 0.05) is 5.92 Å². The third-order valence-electron chi connectivity index (χ3n) is 4.39. The molecule has 120 valence electrons. The van der Waals surface area contributed by atoms with E-state index in [0.29, 0.717) is 22.2 Å². The van der Waals surface area contributed by atoms with Crippen molar-refractivity contribution in [2.45, 2.75) is 32.2 Å². The molecule has 2 aromatic rings. The number of carbonyl (C=O) groups is 1. The molecule has 0 aromatic heterocycles. The third kappa shape index (κ3) is 2.91. The zero-order valence-corrected chi connectivity index (χ0v) is 14.4. The molecule has 0 amide bonds. The van der Waals surface area contributed by atoms with E-state index in [1.165, 1.54) is 5.56 Å². The highest BCUT2D eigenvalue weighted by Gasteiger charge is 2.33. The Morgan fingerprint density at radius 2 is 1.87 bits per heavy atom. The van der Waals surface area contributed by atoms with Crippen molar-refractivity contribution in [2.75, 3.05) is 5.32 Å². The number of nitrogens with one attached hydrogen (secondary N) is 1.